The van der Waals surface area contributed by atoms with Crippen LogP contribution < -0.4 is 0 Å². The first-order valence-corrected chi connectivity index (χ1v) is 20.9. The lowest BCUT2D eigenvalue weighted by molar-refractivity contribution is 1.61. The Labute approximate surface area is 347 Å². The molecule has 0 saturated carbocycles. The average Bonchev–Trinajstić information content (AvgIpc) is 3.82. The molecule has 0 N–H and O–H groups in total. The van der Waals surface area contributed by atoms with Crippen LogP contribution in [0.25, 0.3) is 131 Å². The average molecular weight is 757 g/mol. The van der Waals surface area contributed by atoms with Gasteiger partial charge in [-0.15, -0.1) is 0 Å². The van der Waals surface area contributed by atoms with E-state index < -0.39 is 0 Å². The molecule has 13 rings (SSSR count). The minimum Gasteiger partial charge on any atom is -0.0622 e. The number of fused-ring (bicyclic) bond motifs is 8. The molecule has 13 aromatic rings. The number of benzene rings is 11. The quantitative estimate of drug-likeness (QED) is 0.153. The Morgan fingerprint density at radius 3 is 1.13 bits per heavy atom. The molecule has 276 valence electrons. The highest BCUT2D eigenvalue weighted by molar-refractivity contribution is 6.45. The predicted octanol–water partition coefficient (Wildman–Crippen LogP) is 17.0. The van der Waals surface area contributed by atoms with Crippen molar-refractivity contribution >= 4 is 75.4 Å². The Bertz CT molecular complexity index is 3760. The van der Waals surface area contributed by atoms with Gasteiger partial charge in [0, 0.05) is 0 Å². The normalized spacial score (nSPS) is 12.0. The van der Waals surface area contributed by atoms with Crippen molar-refractivity contribution in [3.05, 3.63) is 218 Å². The lowest BCUT2D eigenvalue weighted by Crippen LogP contribution is -1.91. The van der Waals surface area contributed by atoms with Gasteiger partial charge in [0.1, 0.15) is 0 Å². The van der Waals surface area contributed by atoms with E-state index in [1.165, 1.54) is 131 Å². The first-order chi connectivity index (χ1) is 29.8. The molecule has 0 aromatic heterocycles. The minimum absolute atomic E-state index is 1.22. The van der Waals surface area contributed by atoms with Crippen LogP contribution in [0.3, 0.4) is 0 Å². The number of rotatable bonds is 5. The third-order valence-electron chi connectivity index (χ3n) is 13.1. The molecule has 0 radical (unpaired) electrons. The summed E-state index contributed by atoms with van der Waals surface area (Å²) in [7, 11) is 0. The highest BCUT2D eigenvalue weighted by Gasteiger charge is 2.27. The summed E-state index contributed by atoms with van der Waals surface area (Å²) in [6.45, 7) is 0. The standard InChI is InChI=1S/C60H36/c1-6-18-37(19-7-1)42-32-33-47-56-43(42)28-16-31-46(56)60-55(41-26-14-5-15-27-41)58-45-30-17-29-44-50-34-48(38-20-8-2-9-21-38)49(39-22-10-3-11-23-39)35-51(50)52(57(44)45)36-53(58)54(59(47)60)40-24-12-4-13-25-40/h1-36H. The fraction of sp³-hybridized carbons (Fsp3) is 0. The van der Waals surface area contributed by atoms with Gasteiger partial charge in [-0.3, -0.25) is 0 Å². The van der Waals surface area contributed by atoms with Crippen molar-refractivity contribution in [1.29, 1.82) is 0 Å². The summed E-state index contributed by atoms with van der Waals surface area (Å²) < 4.78 is 0. The van der Waals surface area contributed by atoms with Crippen LogP contribution in [0.1, 0.15) is 0 Å². The lowest BCUT2D eigenvalue weighted by Gasteiger charge is -2.19. The van der Waals surface area contributed by atoms with E-state index in [0.717, 1.165) is 0 Å². The van der Waals surface area contributed by atoms with E-state index >= 15 is 0 Å². The summed E-state index contributed by atoms with van der Waals surface area (Å²) in [5, 5.41) is 18.3. The lowest BCUT2D eigenvalue weighted by atomic mass is 9.84. The van der Waals surface area contributed by atoms with Gasteiger partial charge in [0.2, 0.25) is 0 Å². The Kier molecular flexibility index (Phi) is 7.11. The highest BCUT2D eigenvalue weighted by atomic mass is 14.3. The smallest absolute Gasteiger partial charge is 0.000719 e. The second kappa shape index (κ2) is 12.9. The molecule has 0 aliphatic heterocycles. The largest absolute Gasteiger partial charge is 0.0622 e. The SMILES string of the molecule is c1ccc(-c2cc3c(cc2-c2ccccc2)c2cc4c(-c5ccccc5)c5c6ccc(-c7ccccc7)c7cccc(c5c(-c5ccccc5)c4c4cccc3c24)c76)cc1. The molecule has 0 heterocycles. The summed E-state index contributed by atoms with van der Waals surface area (Å²) in [5.41, 5.74) is 12.5. The third-order valence-corrected chi connectivity index (χ3v) is 13.1. The van der Waals surface area contributed by atoms with Crippen molar-refractivity contribution < 1.29 is 0 Å². The maximum absolute atomic E-state index is 2.55. The van der Waals surface area contributed by atoms with Crippen molar-refractivity contribution in [2.75, 3.05) is 0 Å². The number of hydrogen-bond acceptors (Lipinski definition) is 0. The summed E-state index contributed by atoms with van der Waals surface area (Å²) in [5.74, 6) is 0. The van der Waals surface area contributed by atoms with Crippen molar-refractivity contribution in [1.82, 2.24) is 0 Å². The number of hydrogen-bond donors (Lipinski definition) is 0. The topological polar surface area (TPSA) is 0 Å². The minimum atomic E-state index is 1.22. The molecule has 0 aliphatic rings. The Morgan fingerprint density at radius 1 is 0.167 bits per heavy atom. The second-order valence-electron chi connectivity index (χ2n) is 16.2. The zero-order valence-electron chi connectivity index (χ0n) is 32.8. The summed E-state index contributed by atoms with van der Waals surface area (Å²) in [4.78, 5) is 0. The zero-order chi connectivity index (χ0) is 39.3. The maximum atomic E-state index is 2.55. The van der Waals surface area contributed by atoms with E-state index in [1.54, 1.807) is 0 Å². The van der Waals surface area contributed by atoms with Crippen molar-refractivity contribution in [3.8, 4) is 55.6 Å². The molecule has 0 amide bonds. The van der Waals surface area contributed by atoms with Crippen molar-refractivity contribution in [2.45, 2.75) is 0 Å². The monoisotopic (exact) mass is 756 g/mol. The molecule has 0 aliphatic carbocycles. The van der Waals surface area contributed by atoms with Gasteiger partial charge in [0.05, 0.1) is 0 Å². The van der Waals surface area contributed by atoms with Crippen LogP contribution in [0, 0.1) is 0 Å². The van der Waals surface area contributed by atoms with E-state index in [4.69, 9.17) is 0 Å². The van der Waals surface area contributed by atoms with E-state index in [1.807, 2.05) is 0 Å². The Hall–Kier alpha value is -7.80. The van der Waals surface area contributed by atoms with Gasteiger partial charge in [-0.1, -0.05) is 200 Å². The summed E-state index contributed by atoms with van der Waals surface area (Å²) >= 11 is 0. The molecule has 0 saturated heterocycles. The van der Waals surface area contributed by atoms with Crippen molar-refractivity contribution in [3.63, 3.8) is 0 Å². The fourth-order valence-electron chi connectivity index (χ4n) is 10.7. The molecular formula is C60H36. The molecule has 13 aromatic carbocycles. The van der Waals surface area contributed by atoms with Crippen molar-refractivity contribution in [2.24, 2.45) is 0 Å². The van der Waals surface area contributed by atoms with Crippen LogP contribution in [0.2, 0.25) is 0 Å². The third kappa shape index (κ3) is 4.68. The Balaban J connectivity index is 1.28. The van der Waals surface area contributed by atoms with Crippen LogP contribution in [-0.2, 0) is 0 Å². The molecular weight excluding hydrogens is 721 g/mol. The van der Waals surface area contributed by atoms with Gasteiger partial charge in [-0.25, -0.2) is 0 Å². The molecule has 0 bridgehead atoms. The van der Waals surface area contributed by atoms with Crippen LogP contribution in [0.4, 0.5) is 0 Å². The molecule has 0 heteroatoms. The summed E-state index contributed by atoms with van der Waals surface area (Å²) in [6, 6.07) is 81.2. The zero-order valence-corrected chi connectivity index (χ0v) is 32.8. The van der Waals surface area contributed by atoms with Crippen LogP contribution in [-0.4, -0.2) is 0 Å². The molecule has 60 heavy (non-hydrogen) atoms. The first-order valence-electron chi connectivity index (χ1n) is 20.9. The van der Waals surface area contributed by atoms with Gasteiger partial charge in [-0.2, -0.15) is 0 Å². The second-order valence-corrected chi connectivity index (χ2v) is 16.2. The predicted molar refractivity (Wildman–Crippen MR) is 259 cm³/mol. The fourth-order valence-corrected chi connectivity index (χ4v) is 10.7. The van der Waals surface area contributed by atoms with Crippen LogP contribution in [0.15, 0.2) is 218 Å². The van der Waals surface area contributed by atoms with Crippen LogP contribution >= 0.6 is 0 Å². The Morgan fingerprint density at radius 2 is 0.567 bits per heavy atom. The molecule has 0 spiro atoms. The maximum Gasteiger partial charge on any atom is -0.000719 e. The first kappa shape index (κ1) is 33.2. The molecule has 0 unspecified atom stereocenters. The van der Waals surface area contributed by atoms with Gasteiger partial charge in [0.25, 0.3) is 0 Å². The highest BCUT2D eigenvalue weighted by Crippen LogP contribution is 2.55. The van der Waals surface area contributed by atoms with E-state index in [2.05, 4.69) is 218 Å². The molecule has 0 nitrogen and oxygen atoms in total. The summed E-state index contributed by atoms with van der Waals surface area (Å²) in [6.07, 6.45) is 0. The van der Waals surface area contributed by atoms with E-state index in [-0.39, 0.29) is 0 Å². The van der Waals surface area contributed by atoms with Gasteiger partial charge in [0.15, 0.2) is 0 Å². The van der Waals surface area contributed by atoms with Gasteiger partial charge in [-0.05, 0) is 149 Å². The van der Waals surface area contributed by atoms with Gasteiger partial charge >= 0.3 is 0 Å². The molecule has 0 fully saturated rings. The van der Waals surface area contributed by atoms with E-state index in [9.17, 15) is 0 Å². The van der Waals surface area contributed by atoms with E-state index in [0.29, 0.717) is 0 Å². The van der Waals surface area contributed by atoms with Crippen LogP contribution in [0.5, 0.6) is 0 Å². The van der Waals surface area contributed by atoms with Gasteiger partial charge < -0.3 is 0 Å². The molecule has 0 atom stereocenters.